The van der Waals surface area contributed by atoms with Gasteiger partial charge in [-0.15, -0.1) is 0 Å². The third-order valence-corrected chi connectivity index (χ3v) is 4.13. The van der Waals surface area contributed by atoms with Crippen molar-refractivity contribution in [3.8, 4) is 0 Å². The van der Waals surface area contributed by atoms with Crippen molar-refractivity contribution in [3.63, 3.8) is 0 Å². The number of aromatic nitrogens is 2. The fourth-order valence-corrected chi connectivity index (χ4v) is 2.99. The average Bonchev–Trinajstić information content (AvgIpc) is 3.10. The van der Waals surface area contributed by atoms with E-state index >= 15 is 0 Å². The van der Waals surface area contributed by atoms with Crippen LogP contribution in [-0.2, 0) is 16.1 Å². The summed E-state index contributed by atoms with van der Waals surface area (Å²) in [5, 5.41) is 3.92. The number of esters is 1. The zero-order valence-corrected chi connectivity index (χ0v) is 11.9. The molecular weight excluding hydrogens is 260 g/mol. The normalized spacial score (nSPS) is 27.4. The molecule has 1 aromatic rings. The number of hydrogen-bond donors (Lipinski definition) is 0. The minimum atomic E-state index is -0.0675. The van der Waals surface area contributed by atoms with Gasteiger partial charge in [-0.2, -0.15) is 4.98 Å². The summed E-state index contributed by atoms with van der Waals surface area (Å²) in [6.45, 7) is 4.86. The summed E-state index contributed by atoms with van der Waals surface area (Å²) < 4.78 is 10.0. The van der Waals surface area contributed by atoms with Crippen LogP contribution in [0.1, 0.15) is 24.6 Å². The first-order chi connectivity index (χ1) is 9.63. The molecular formula is C13H20N4O3. The van der Waals surface area contributed by atoms with E-state index in [1.165, 1.54) is 0 Å². The van der Waals surface area contributed by atoms with Crippen LogP contribution in [0.4, 0.5) is 0 Å². The van der Waals surface area contributed by atoms with Crippen LogP contribution < -0.4 is 0 Å². The number of rotatable bonds is 4. The maximum Gasteiger partial charge on any atom is 0.323 e. The van der Waals surface area contributed by atoms with Crippen LogP contribution in [-0.4, -0.2) is 64.7 Å². The predicted molar refractivity (Wildman–Crippen MR) is 69.8 cm³/mol. The zero-order valence-electron chi connectivity index (χ0n) is 11.9. The van der Waals surface area contributed by atoms with E-state index in [4.69, 9.17) is 9.26 Å². The average molecular weight is 280 g/mol. The summed E-state index contributed by atoms with van der Waals surface area (Å²) in [6.07, 6.45) is 1.87. The summed E-state index contributed by atoms with van der Waals surface area (Å²) in [6, 6.07) is 0.378. The monoisotopic (exact) mass is 280 g/mol. The zero-order chi connectivity index (χ0) is 14.1. The van der Waals surface area contributed by atoms with E-state index < -0.39 is 0 Å². The standard InChI is InChI=1S/C13H20N4O3/c1-9-14-12(15-20-9)8-16(2)10-3-5-17(7-10)11-4-6-19-13(11)18/h10-11H,3-8H2,1-2H3/t10-,11+/m0/s1. The molecule has 7 heteroatoms. The van der Waals surface area contributed by atoms with Crippen LogP contribution in [0, 0.1) is 6.92 Å². The van der Waals surface area contributed by atoms with Crippen LogP contribution >= 0.6 is 0 Å². The van der Waals surface area contributed by atoms with Crippen LogP contribution in [0.2, 0.25) is 0 Å². The SMILES string of the molecule is Cc1nc(CN(C)[C@H]2CCN([C@@H]3CCOC3=O)C2)no1. The Labute approximate surface area is 117 Å². The summed E-state index contributed by atoms with van der Waals surface area (Å²) in [7, 11) is 2.06. The molecule has 0 bridgehead atoms. The van der Waals surface area contributed by atoms with Gasteiger partial charge in [-0.1, -0.05) is 5.16 Å². The number of aryl methyl sites for hydroxylation is 1. The van der Waals surface area contributed by atoms with E-state index in [9.17, 15) is 4.79 Å². The largest absolute Gasteiger partial charge is 0.464 e. The molecule has 2 aliphatic rings. The van der Waals surface area contributed by atoms with Gasteiger partial charge in [0.1, 0.15) is 6.04 Å². The van der Waals surface area contributed by atoms with Gasteiger partial charge in [-0.3, -0.25) is 14.6 Å². The second kappa shape index (κ2) is 5.49. The number of likely N-dealkylation sites (N-methyl/N-ethyl adjacent to an activating group) is 1. The van der Waals surface area contributed by atoms with Gasteiger partial charge in [0.05, 0.1) is 13.2 Å². The van der Waals surface area contributed by atoms with Crippen molar-refractivity contribution >= 4 is 5.97 Å². The quantitative estimate of drug-likeness (QED) is 0.729. The van der Waals surface area contributed by atoms with E-state index in [0.29, 0.717) is 30.9 Å². The molecule has 110 valence electrons. The van der Waals surface area contributed by atoms with Gasteiger partial charge in [0.15, 0.2) is 5.82 Å². The van der Waals surface area contributed by atoms with Crippen molar-refractivity contribution in [2.45, 2.75) is 38.4 Å². The van der Waals surface area contributed by atoms with E-state index in [2.05, 4.69) is 27.0 Å². The maximum atomic E-state index is 11.6. The molecule has 1 aromatic heterocycles. The Bertz CT molecular complexity index is 490. The molecule has 2 saturated heterocycles. The van der Waals surface area contributed by atoms with Crippen molar-refractivity contribution < 1.29 is 14.1 Å². The second-order valence-electron chi connectivity index (χ2n) is 5.55. The van der Waals surface area contributed by atoms with Crippen LogP contribution in [0.15, 0.2) is 4.52 Å². The van der Waals surface area contributed by atoms with Gasteiger partial charge >= 0.3 is 5.97 Å². The van der Waals surface area contributed by atoms with Crippen molar-refractivity contribution in [2.75, 3.05) is 26.7 Å². The van der Waals surface area contributed by atoms with Crippen LogP contribution in [0.5, 0.6) is 0 Å². The number of nitrogens with zero attached hydrogens (tertiary/aromatic N) is 4. The van der Waals surface area contributed by atoms with E-state index in [1.54, 1.807) is 6.92 Å². The third kappa shape index (κ3) is 2.69. The number of cyclic esters (lactones) is 1. The molecule has 0 saturated carbocycles. The Balaban J connectivity index is 1.55. The smallest absolute Gasteiger partial charge is 0.323 e. The molecule has 0 aromatic carbocycles. The van der Waals surface area contributed by atoms with Gasteiger partial charge in [-0.25, -0.2) is 0 Å². The van der Waals surface area contributed by atoms with Crippen molar-refractivity contribution in [1.29, 1.82) is 0 Å². The molecule has 0 spiro atoms. The topological polar surface area (TPSA) is 71.7 Å². The lowest BCUT2D eigenvalue weighted by Gasteiger charge is -2.24. The Kier molecular flexibility index (Phi) is 3.71. The maximum absolute atomic E-state index is 11.6. The minimum Gasteiger partial charge on any atom is -0.464 e. The lowest BCUT2D eigenvalue weighted by molar-refractivity contribution is -0.142. The fraction of sp³-hybridized carbons (Fsp3) is 0.769. The van der Waals surface area contributed by atoms with Crippen molar-refractivity contribution in [3.05, 3.63) is 11.7 Å². The number of likely N-dealkylation sites (tertiary alicyclic amines) is 1. The van der Waals surface area contributed by atoms with Gasteiger partial charge in [0, 0.05) is 32.5 Å². The fourth-order valence-electron chi connectivity index (χ4n) is 2.99. The Morgan fingerprint density at radius 1 is 1.45 bits per heavy atom. The van der Waals surface area contributed by atoms with E-state index in [-0.39, 0.29) is 12.0 Å². The molecule has 0 N–H and O–H groups in total. The first-order valence-electron chi connectivity index (χ1n) is 7.03. The number of ether oxygens (including phenoxy) is 1. The number of hydrogen-bond acceptors (Lipinski definition) is 7. The predicted octanol–water partition coefficient (Wildman–Crippen LogP) is 0.200. The van der Waals surface area contributed by atoms with Gasteiger partial charge in [0.25, 0.3) is 0 Å². The molecule has 2 fully saturated rings. The molecule has 2 aliphatic heterocycles. The second-order valence-corrected chi connectivity index (χ2v) is 5.55. The molecule has 0 aliphatic carbocycles. The Morgan fingerprint density at radius 3 is 2.95 bits per heavy atom. The van der Waals surface area contributed by atoms with Crippen LogP contribution in [0.3, 0.4) is 0 Å². The van der Waals surface area contributed by atoms with Gasteiger partial charge in [-0.05, 0) is 13.5 Å². The summed E-state index contributed by atoms with van der Waals surface area (Å²) in [5.41, 5.74) is 0. The molecule has 3 rings (SSSR count). The lowest BCUT2D eigenvalue weighted by atomic mass is 10.2. The van der Waals surface area contributed by atoms with E-state index in [0.717, 1.165) is 25.9 Å². The third-order valence-electron chi connectivity index (χ3n) is 4.13. The van der Waals surface area contributed by atoms with Crippen molar-refractivity contribution in [2.24, 2.45) is 0 Å². The van der Waals surface area contributed by atoms with Gasteiger partial charge < -0.3 is 9.26 Å². The number of carbonyl (C=O) groups is 1. The minimum absolute atomic E-state index is 0.0409. The molecule has 2 atom stereocenters. The van der Waals surface area contributed by atoms with Gasteiger partial charge in [0.2, 0.25) is 5.89 Å². The molecule has 0 radical (unpaired) electrons. The molecule has 0 amide bonds. The summed E-state index contributed by atoms with van der Waals surface area (Å²) >= 11 is 0. The summed E-state index contributed by atoms with van der Waals surface area (Å²) in [4.78, 5) is 20.3. The molecule has 20 heavy (non-hydrogen) atoms. The molecule has 7 nitrogen and oxygen atoms in total. The van der Waals surface area contributed by atoms with Crippen LogP contribution in [0.25, 0.3) is 0 Å². The highest BCUT2D eigenvalue weighted by Gasteiger charge is 2.37. The molecule has 3 heterocycles. The Hall–Kier alpha value is -1.47. The first kappa shape index (κ1) is 13.5. The highest BCUT2D eigenvalue weighted by atomic mass is 16.5. The van der Waals surface area contributed by atoms with Crippen molar-refractivity contribution in [1.82, 2.24) is 19.9 Å². The lowest BCUT2D eigenvalue weighted by Crippen LogP contribution is -2.40. The van der Waals surface area contributed by atoms with E-state index in [1.807, 2.05) is 0 Å². The highest BCUT2D eigenvalue weighted by Crippen LogP contribution is 2.22. The number of carbonyl (C=O) groups excluding carboxylic acids is 1. The summed E-state index contributed by atoms with van der Waals surface area (Å²) in [5.74, 6) is 1.24. The first-order valence-corrected chi connectivity index (χ1v) is 7.03. The Morgan fingerprint density at radius 2 is 2.30 bits per heavy atom. The molecule has 0 unspecified atom stereocenters. The highest BCUT2D eigenvalue weighted by molar-refractivity contribution is 5.77.